The quantitative estimate of drug-likeness (QED) is 0.653. The van der Waals surface area contributed by atoms with Gasteiger partial charge < -0.3 is 4.90 Å². The molecule has 0 saturated carbocycles. The topological polar surface area (TPSA) is 32.5 Å². The van der Waals surface area contributed by atoms with Gasteiger partial charge in [-0.2, -0.15) is 0 Å². The second-order valence-electron chi connectivity index (χ2n) is 4.20. The fourth-order valence-electron chi connectivity index (χ4n) is 2.56. The van der Waals surface area contributed by atoms with Crippen LogP contribution in [0.2, 0.25) is 0 Å². The van der Waals surface area contributed by atoms with Gasteiger partial charge in [-0.05, 0) is 24.6 Å². The van der Waals surface area contributed by atoms with Gasteiger partial charge in [0.2, 0.25) is 0 Å². The minimum Gasteiger partial charge on any atom is -0.343 e. The molecule has 0 saturated heterocycles. The average Bonchev–Trinajstić information content (AvgIpc) is 2.60. The van der Waals surface area contributed by atoms with Crippen LogP contribution in [0.15, 0.2) is 18.2 Å². The molecule has 0 aliphatic carbocycles. The lowest BCUT2D eigenvalue weighted by Crippen LogP contribution is -2.54. The van der Waals surface area contributed by atoms with Crippen LogP contribution in [0.1, 0.15) is 11.1 Å². The molecule has 3 nitrogen and oxygen atoms in total. The highest BCUT2D eigenvalue weighted by Crippen LogP contribution is 2.36. The summed E-state index contributed by atoms with van der Waals surface area (Å²) in [5.74, 6) is 0. The van der Waals surface area contributed by atoms with E-state index in [9.17, 15) is 0 Å². The predicted molar refractivity (Wildman–Crippen MR) is 56.9 cm³/mol. The molecule has 0 fully saturated rings. The molecule has 0 spiro atoms. The van der Waals surface area contributed by atoms with E-state index in [0.717, 1.165) is 19.5 Å². The third-order valence-electron chi connectivity index (χ3n) is 3.30. The summed E-state index contributed by atoms with van der Waals surface area (Å²) in [6, 6.07) is 6.58. The average molecular weight is 189 g/mol. The Morgan fingerprint density at radius 1 is 1.36 bits per heavy atom. The first-order chi connectivity index (χ1) is 6.77. The lowest BCUT2D eigenvalue weighted by atomic mass is 10.1. The van der Waals surface area contributed by atoms with Crippen molar-refractivity contribution in [2.45, 2.75) is 19.3 Å². The first-order valence-electron chi connectivity index (χ1n) is 5.10. The Kier molecular flexibility index (Phi) is 1.60. The summed E-state index contributed by atoms with van der Waals surface area (Å²) in [5, 5.41) is 0. The summed E-state index contributed by atoms with van der Waals surface area (Å²) in [4.78, 5) is 4.51. The Hall–Kier alpha value is -1.06. The Labute approximate surface area is 84.1 Å². The van der Waals surface area contributed by atoms with E-state index >= 15 is 0 Å². The van der Waals surface area contributed by atoms with E-state index in [0.29, 0.717) is 0 Å². The standard InChI is InChI=1S/C11H15N3/c1-13-7-9-4-2-3-8-5-6-14(10(8)9)11(13)12/h2-4,11H,5-7,12H2,1H3. The molecule has 2 aliphatic rings. The molecule has 0 bridgehead atoms. The van der Waals surface area contributed by atoms with Crippen molar-refractivity contribution in [3.05, 3.63) is 29.3 Å². The number of nitrogens with zero attached hydrogens (tertiary/aromatic N) is 2. The zero-order valence-electron chi connectivity index (χ0n) is 8.40. The van der Waals surface area contributed by atoms with Crippen LogP contribution in [0.4, 0.5) is 5.69 Å². The largest absolute Gasteiger partial charge is 0.343 e. The lowest BCUT2D eigenvalue weighted by Gasteiger charge is -2.39. The Morgan fingerprint density at radius 2 is 2.14 bits per heavy atom. The Bertz CT molecular complexity index is 375. The van der Waals surface area contributed by atoms with E-state index in [4.69, 9.17) is 5.73 Å². The monoisotopic (exact) mass is 189 g/mol. The van der Waals surface area contributed by atoms with Crippen molar-refractivity contribution < 1.29 is 0 Å². The summed E-state index contributed by atoms with van der Waals surface area (Å²) >= 11 is 0. The summed E-state index contributed by atoms with van der Waals surface area (Å²) in [7, 11) is 2.08. The first kappa shape index (κ1) is 8.26. The number of hydrogen-bond donors (Lipinski definition) is 1. The molecule has 74 valence electrons. The molecule has 1 atom stereocenters. The summed E-state index contributed by atoms with van der Waals surface area (Å²) in [5.41, 5.74) is 10.4. The molecular weight excluding hydrogens is 174 g/mol. The number of rotatable bonds is 0. The van der Waals surface area contributed by atoms with E-state index in [1.807, 2.05) is 0 Å². The summed E-state index contributed by atoms with van der Waals surface area (Å²) in [6.07, 6.45) is 1.20. The maximum Gasteiger partial charge on any atom is 0.134 e. The van der Waals surface area contributed by atoms with Gasteiger partial charge in [-0.3, -0.25) is 10.6 Å². The van der Waals surface area contributed by atoms with Crippen molar-refractivity contribution in [3.8, 4) is 0 Å². The molecule has 2 heterocycles. The van der Waals surface area contributed by atoms with Gasteiger partial charge in [-0.15, -0.1) is 0 Å². The van der Waals surface area contributed by atoms with Crippen LogP contribution in [0.25, 0.3) is 0 Å². The van der Waals surface area contributed by atoms with E-state index in [1.165, 1.54) is 16.8 Å². The van der Waals surface area contributed by atoms with E-state index in [1.54, 1.807) is 0 Å². The number of nitrogens with two attached hydrogens (primary N) is 1. The van der Waals surface area contributed by atoms with Crippen LogP contribution in [-0.4, -0.2) is 24.8 Å². The minimum absolute atomic E-state index is 0.0612. The van der Waals surface area contributed by atoms with Crippen molar-refractivity contribution in [3.63, 3.8) is 0 Å². The normalized spacial score (nSPS) is 25.3. The fraction of sp³-hybridized carbons (Fsp3) is 0.455. The molecule has 1 aromatic carbocycles. The molecule has 3 heteroatoms. The first-order valence-corrected chi connectivity index (χ1v) is 5.10. The highest BCUT2D eigenvalue weighted by molar-refractivity contribution is 5.65. The van der Waals surface area contributed by atoms with Crippen molar-refractivity contribution in [2.24, 2.45) is 5.73 Å². The molecule has 2 N–H and O–H groups in total. The van der Waals surface area contributed by atoms with Gasteiger partial charge in [-0.25, -0.2) is 0 Å². The lowest BCUT2D eigenvalue weighted by molar-refractivity contribution is 0.220. The molecule has 0 radical (unpaired) electrons. The second-order valence-corrected chi connectivity index (χ2v) is 4.20. The second kappa shape index (κ2) is 2.72. The maximum atomic E-state index is 6.13. The molecule has 14 heavy (non-hydrogen) atoms. The van der Waals surface area contributed by atoms with Crippen LogP contribution >= 0.6 is 0 Å². The third-order valence-corrected chi connectivity index (χ3v) is 3.30. The summed E-state index contributed by atoms with van der Waals surface area (Å²) < 4.78 is 0. The SMILES string of the molecule is CN1Cc2cccc3c2N(CC3)C1N. The third kappa shape index (κ3) is 0.938. The van der Waals surface area contributed by atoms with Crippen LogP contribution in [0.3, 0.4) is 0 Å². The maximum absolute atomic E-state index is 6.13. The Morgan fingerprint density at radius 3 is 3.00 bits per heavy atom. The van der Waals surface area contributed by atoms with Gasteiger partial charge in [0.25, 0.3) is 0 Å². The molecule has 0 aromatic heterocycles. The van der Waals surface area contributed by atoms with Crippen molar-refractivity contribution in [2.75, 3.05) is 18.5 Å². The van der Waals surface area contributed by atoms with Crippen LogP contribution in [-0.2, 0) is 13.0 Å². The predicted octanol–water partition coefficient (Wildman–Crippen LogP) is 0.737. The summed E-state index contributed by atoms with van der Waals surface area (Å²) in [6.45, 7) is 2.04. The molecule has 1 unspecified atom stereocenters. The van der Waals surface area contributed by atoms with Crippen LogP contribution < -0.4 is 10.6 Å². The molecule has 0 amide bonds. The highest BCUT2D eigenvalue weighted by Gasteiger charge is 2.32. The van der Waals surface area contributed by atoms with Crippen LogP contribution in [0.5, 0.6) is 0 Å². The highest BCUT2D eigenvalue weighted by atomic mass is 15.4. The minimum atomic E-state index is 0.0612. The van der Waals surface area contributed by atoms with Crippen molar-refractivity contribution in [1.82, 2.24) is 4.90 Å². The van der Waals surface area contributed by atoms with Crippen molar-refractivity contribution >= 4 is 5.69 Å². The zero-order chi connectivity index (χ0) is 9.71. The van der Waals surface area contributed by atoms with Gasteiger partial charge in [0.1, 0.15) is 6.29 Å². The van der Waals surface area contributed by atoms with Gasteiger partial charge in [0.15, 0.2) is 0 Å². The fourth-order valence-corrected chi connectivity index (χ4v) is 2.56. The molecule has 3 rings (SSSR count). The number of para-hydroxylation sites is 1. The smallest absolute Gasteiger partial charge is 0.134 e. The molecule has 1 aromatic rings. The van der Waals surface area contributed by atoms with E-state index < -0.39 is 0 Å². The van der Waals surface area contributed by atoms with Gasteiger partial charge in [0, 0.05) is 18.8 Å². The Balaban J connectivity index is 2.17. The van der Waals surface area contributed by atoms with E-state index in [2.05, 4.69) is 35.0 Å². The number of benzene rings is 1. The zero-order valence-corrected chi connectivity index (χ0v) is 8.40. The molecular formula is C11H15N3. The van der Waals surface area contributed by atoms with Crippen LogP contribution in [0, 0.1) is 0 Å². The van der Waals surface area contributed by atoms with Gasteiger partial charge in [-0.1, -0.05) is 18.2 Å². The number of anilines is 1. The van der Waals surface area contributed by atoms with Gasteiger partial charge in [0.05, 0.1) is 0 Å². The number of hydrogen-bond acceptors (Lipinski definition) is 3. The molecule has 2 aliphatic heterocycles. The van der Waals surface area contributed by atoms with Crippen molar-refractivity contribution in [1.29, 1.82) is 0 Å². The van der Waals surface area contributed by atoms with Gasteiger partial charge >= 0.3 is 0 Å². The van der Waals surface area contributed by atoms with E-state index in [-0.39, 0.29) is 6.29 Å².